The van der Waals surface area contributed by atoms with E-state index in [0.29, 0.717) is 0 Å². The summed E-state index contributed by atoms with van der Waals surface area (Å²) in [5.41, 5.74) is -0.113. The highest BCUT2D eigenvalue weighted by Crippen LogP contribution is 2.36. The average molecular weight is 126 g/mol. The minimum absolute atomic E-state index is 0.113. The van der Waals surface area contributed by atoms with Crippen molar-refractivity contribution in [3.63, 3.8) is 0 Å². The molecule has 0 atom stereocenters. The van der Waals surface area contributed by atoms with Crippen LogP contribution in [0.25, 0.3) is 0 Å². The minimum atomic E-state index is -0.113. The standard InChI is InChI=1S/C6H10N2O/c9-5-6(1-2-6)8-4-3-7-5/h8H,1-4H2,(H,7,9). The Morgan fingerprint density at radius 1 is 1.33 bits per heavy atom. The summed E-state index contributed by atoms with van der Waals surface area (Å²) in [6, 6.07) is 0. The Labute approximate surface area is 53.8 Å². The number of nitrogens with one attached hydrogen (secondary N) is 2. The van der Waals surface area contributed by atoms with E-state index in [1.807, 2.05) is 0 Å². The van der Waals surface area contributed by atoms with E-state index in [-0.39, 0.29) is 11.4 Å². The van der Waals surface area contributed by atoms with Gasteiger partial charge in [0, 0.05) is 13.1 Å². The van der Waals surface area contributed by atoms with Gasteiger partial charge >= 0.3 is 0 Å². The van der Waals surface area contributed by atoms with Crippen LogP contribution in [-0.4, -0.2) is 24.5 Å². The van der Waals surface area contributed by atoms with Gasteiger partial charge in [-0.2, -0.15) is 0 Å². The van der Waals surface area contributed by atoms with E-state index in [4.69, 9.17) is 0 Å². The van der Waals surface area contributed by atoms with Gasteiger partial charge in [0.1, 0.15) is 0 Å². The van der Waals surface area contributed by atoms with Crippen LogP contribution in [0.5, 0.6) is 0 Å². The van der Waals surface area contributed by atoms with Gasteiger partial charge in [-0.1, -0.05) is 0 Å². The molecule has 0 aromatic carbocycles. The highest BCUT2D eigenvalue weighted by molar-refractivity contribution is 5.89. The molecule has 2 aliphatic rings. The number of hydrogen-bond donors (Lipinski definition) is 2. The van der Waals surface area contributed by atoms with Crippen molar-refractivity contribution in [3.8, 4) is 0 Å². The number of piperazine rings is 1. The molecular weight excluding hydrogens is 116 g/mol. The average Bonchev–Trinajstić information content (AvgIpc) is 2.60. The topological polar surface area (TPSA) is 41.1 Å². The highest BCUT2D eigenvalue weighted by atomic mass is 16.2. The minimum Gasteiger partial charge on any atom is -0.353 e. The van der Waals surface area contributed by atoms with E-state index >= 15 is 0 Å². The molecule has 1 aliphatic heterocycles. The van der Waals surface area contributed by atoms with Crippen molar-refractivity contribution >= 4 is 5.91 Å². The van der Waals surface area contributed by atoms with Crippen LogP contribution in [-0.2, 0) is 4.79 Å². The number of hydrogen-bond acceptors (Lipinski definition) is 2. The van der Waals surface area contributed by atoms with Crippen molar-refractivity contribution in [2.45, 2.75) is 18.4 Å². The molecule has 1 heterocycles. The SMILES string of the molecule is O=C1NCCNC12CC2. The summed E-state index contributed by atoms with van der Waals surface area (Å²) >= 11 is 0. The van der Waals surface area contributed by atoms with E-state index in [2.05, 4.69) is 10.6 Å². The van der Waals surface area contributed by atoms with Crippen LogP contribution >= 0.6 is 0 Å². The lowest BCUT2D eigenvalue weighted by Crippen LogP contribution is -2.54. The maximum Gasteiger partial charge on any atom is 0.240 e. The van der Waals surface area contributed by atoms with Crippen molar-refractivity contribution in [1.29, 1.82) is 0 Å². The van der Waals surface area contributed by atoms with E-state index in [9.17, 15) is 4.79 Å². The van der Waals surface area contributed by atoms with Crippen LogP contribution in [0.2, 0.25) is 0 Å². The largest absolute Gasteiger partial charge is 0.353 e. The van der Waals surface area contributed by atoms with Crippen molar-refractivity contribution in [3.05, 3.63) is 0 Å². The Hall–Kier alpha value is -0.570. The zero-order valence-electron chi connectivity index (χ0n) is 5.24. The summed E-state index contributed by atoms with van der Waals surface area (Å²) in [7, 11) is 0. The summed E-state index contributed by atoms with van der Waals surface area (Å²) in [5, 5.41) is 6.04. The van der Waals surface area contributed by atoms with Crippen LogP contribution in [0.3, 0.4) is 0 Å². The molecule has 0 aromatic rings. The zero-order valence-corrected chi connectivity index (χ0v) is 5.24. The van der Waals surface area contributed by atoms with Gasteiger partial charge in [0.2, 0.25) is 5.91 Å². The number of carbonyl (C=O) groups is 1. The Bertz CT molecular complexity index is 151. The predicted octanol–water partition coefficient (Wildman–Crippen LogP) is -0.762. The fraction of sp³-hybridized carbons (Fsp3) is 0.833. The molecule has 2 N–H and O–H groups in total. The fourth-order valence-electron chi connectivity index (χ4n) is 1.26. The van der Waals surface area contributed by atoms with Crippen LogP contribution < -0.4 is 10.6 Å². The summed E-state index contributed by atoms with van der Waals surface area (Å²) in [6.45, 7) is 1.73. The predicted molar refractivity (Wildman–Crippen MR) is 33.0 cm³/mol. The molecule has 1 amide bonds. The first-order valence-corrected chi connectivity index (χ1v) is 3.37. The molecule has 0 unspecified atom stereocenters. The van der Waals surface area contributed by atoms with Crippen LogP contribution in [0.4, 0.5) is 0 Å². The second-order valence-electron chi connectivity index (χ2n) is 2.76. The third-order valence-corrected chi connectivity index (χ3v) is 2.06. The summed E-state index contributed by atoms with van der Waals surface area (Å²) in [4.78, 5) is 11.0. The van der Waals surface area contributed by atoms with Gasteiger partial charge < -0.3 is 10.6 Å². The monoisotopic (exact) mass is 126 g/mol. The zero-order chi connectivity index (χ0) is 6.32. The van der Waals surface area contributed by atoms with Gasteiger partial charge in [-0.3, -0.25) is 4.79 Å². The van der Waals surface area contributed by atoms with Crippen molar-refractivity contribution in [1.82, 2.24) is 10.6 Å². The second-order valence-corrected chi connectivity index (χ2v) is 2.76. The first-order chi connectivity index (χ1) is 4.33. The Morgan fingerprint density at radius 2 is 2.11 bits per heavy atom. The fourth-order valence-corrected chi connectivity index (χ4v) is 1.26. The van der Waals surface area contributed by atoms with Gasteiger partial charge in [-0.05, 0) is 12.8 Å². The molecule has 0 aromatic heterocycles. The number of rotatable bonds is 0. The molecule has 0 radical (unpaired) electrons. The van der Waals surface area contributed by atoms with Crippen molar-refractivity contribution in [2.75, 3.05) is 13.1 Å². The molecule has 0 bridgehead atoms. The summed E-state index contributed by atoms with van der Waals surface area (Å²) in [5.74, 6) is 0.203. The lowest BCUT2D eigenvalue weighted by Gasteiger charge is -2.22. The lowest BCUT2D eigenvalue weighted by molar-refractivity contribution is -0.125. The van der Waals surface area contributed by atoms with E-state index in [0.717, 1.165) is 25.9 Å². The normalized spacial score (nSPS) is 30.0. The number of amides is 1. The molecule has 1 spiro atoms. The Kier molecular flexibility index (Phi) is 0.858. The van der Waals surface area contributed by atoms with Gasteiger partial charge in [-0.25, -0.2) is 0 Å². The maximum atomic E-state index is 11.0. The quantitative estimate of drug-likeness (QED) is 0.448. The molecule has 1 aliphatic carbocycles. The molecule has 2 rings (SSSR count). The van der Waals surface area contributed by atoms with Crippen molar-refractivity contribution in [2.24, 2.45) is 0 Å². The number of carbonyl (C=O) groups excluding carboxylic acids is 1. The molecule has 1 saturated heterocycles. The van der Waals surface area contributed by atoms with E-state index in [1.54, 1.807) is 0 Å². The molecule has 50 valence electrons. The lowest BCUT2D eigenvalue weighted by atomic mass is 10.2. The van der Waals surface area contributed by atoms with Gasteiger partial charge in [0.25, 0.3) is 0 Å². The van der Waals surface area contributed by atoms with E-state index < -0.39 is 0 Å². The first kappa shape index (κ1) is 5.23. The van der Waals surface area contributed by atoms with Crippen LogP contribution in [0, 0.1) is 0 Å². The van der Waals surface area contributed by atoms with Crippen LogP contribution in [0.15, 0.2) is 0 Å². The molecular formula is C6H10N2O. The van der Waals surface area contributed by atoms with Crippen LogP contribution in [0.1, 0.15) is 12.8 Å². The third kappa shape index (κ3) is 0.645. The Balaban J connectivity index is 2.12. The molecule has 9 heavy (non-hydrogen) atoms. The molecule has 3 heteroatoms. The van der Waals surface area contributed by atoms with Gasteiger partial charge in [0.05, 0.1) is 5.54 Å². The second kappa shape index (κ2) is 1.48. The molecule has 1 saturated carbocycles. The first-order valence-electron chi connectivity index (χ1n) is 3.37. The smallest absolute Gasteiger partial charge is 0.240 e. The van der Waals surface area contributed by atoms with Gasteiger partial charge in [0.15, 0.2) is 0 Å². The third-order valence-electron chi connectivity index (χ3n) is 2.06. The Morgan fingerprint density at radius 3 is 2.56 bits per heavy atom. The summed E-state index contributed by atoms with van der Waals surface area (Å²) < 4.78 is 0. The molecule has 2 fully saturated rings. The maximum absolute atomic E-state index is 11.0. The van der Waals surface area contributed by atoms with Crippen molar-refractivity contribution < 1.29 is 4.79 Å². The summed E-state index contributed by atoms with van der Waals surface area (Å²) in [6.07, 6.45) is 2.05. The highest BCUT2D eigenvalue weighted by Gasteiger charge is 2.50. The van der Waals surface area contributed by atoms with Gasteiger partial charge in [-0.15, -0.1) is 0 Å². The molecule has 3 nitrogen and oxygen atoms in total. The van der Waals surface area contributed by atoms with E-state index in [1.165, 1.54) is 0 Å².